The number of rotatable bonds is 4. The van der Waals surface area contributed by atoms with Crippen molar-refractivity contribution in [3.05, 3.63) is 29.8 Å². The van der Waals surface area contributed by atoms with Crippen molar-refractivity contribution in [1.82, 2.24) is 0 Å². The summed E-state index contributed by atoms with van der Waals surface area (Å²) in [6.45, 7) is -0.690. The molecular formula is C10H10O6S. The summed E-state index contributed by atoms with van der Waals surface area (Å²) in [5, 5.41) is 0. The smallest absolute Gasteiger partial charge is 0.302 e. The predicted octanol–water partition coefficient (Wildman–Crippen LogP) is 0.535. The summed E-state index contributed by atoms with van der Waals surface area (Å²) in [5.74, 6) is 0. The van der Waals surface area contributed by atoms with Crippen molar-refractivity contribution >= 4 is 16.4 Å². The summed E-state index contributed by atoms with van der Waals surface area (Å²) in [5.41, 5.74) is 0.0329. The van der Waals surface area contributed by atoms with Crippen molar-refractivity contribution in [3.8, 4) is 0 Å². The summed E-state index contributed by atoms with van der Waals surface area (Å²) < 4.78 is 38.1. The zero-order chi connectivity index (χ0) is 12.3. The normalized spacial score (nSPS) is 17.2. The van der Waals surface area contributed by atoms with Gasteiger partial charge >= 0.3 is 10.1 Å². The first-order valence-electron chi connectivity index (χ1n) is 4.84. The van der Waals surface area contributed by atoms with Crippen LogP contribution >= 0.6 is 0 Å². The first-order valence-corrected chi connectivity index (χ1v) is 6.25. The van der Waals surface area contributed by atoms with Crippen molar-refractivity contribution in [1.29, 1.82) is 0 Å². The average Bonchev–Trinajstić information content (AvgIpc) is 2.81. The number of carbonyl (C=O) groups is 1. The molecule has 1 saturated heterocycles. The van der Waals surface area contributed by atoms with Gasteiger partial charge in [-0.1, -0.05) is 18.2 Å². The number of benzene rings is 1. The van der Waals surface area contributed by atoms with Crippen LogP contribution < -0.4 is 0 Å². The number of aldehydes is 1. The predicted molar refractivity (Wildman–Crippen MR) is 55.8 cm³/mol. The molecule has 0 amide bonds. The largest absolute Gasteiger partial charge is 0.327 e. The molecule has 0 aliphatic carbocycles. The van der Waals surface area contributed by atoms with Gasteiger partial charge in [0, 0.05) is 5.56 Å². The molecule has 0 unspecified atom stereocenters. The summed E-state index contributed by atoms with van der Waals surface area (Å²) in [6, 6.07) is 5.73. The van der Waals surface area contributed by atoms with Gasteiger partial charge in [-0.2, -0.15) is 8.42 Å². The Hall–Kier alpha value is -1.28. The third kappa shape index (κ3) is 2.70. The molecule has 0 spiro atoms. The van der Waals surface area contributed by atoms with Gasteiger partial charge in [-0.3, -0.25) is 4.79 Å². The topological polar surface area (TPSA) is 78.9 Å². The molecule has 17 heavy (non-hydrogen) atoms. The highest BCUT2D eigenvalue weighted by molar-refractivity contribution is 7.86. The molecule has 0 N–H and O–H groups in total. The first kappa shape index (κ1) is 12.2. The van der Waals surface area contributed by atoms with E-state index in [1.54, 1.807) is 6.07 Å². The van der Waals surface area contributed by atoms with E-state index >= 15 is 0 Å². The fourth-order valence-corrected chi connectivity index (χ4v) is 2.42. The second-order valence-corrected chi connectivity index (χ2v) is 4.78. The Morgan fingerprint density at radius 3 is 2.53 bits per heavy atom. The maximum Gasteiger partial charge on any atom is 0.302 e. The number of ether oxygens (including phenoxy) is 2. The fraction of sp³-hybridized carbons (Fsp3) is 0.300. The molecule has 1 fully saturated rings. The Morgan fingerprint density at radius 1 is 1.24 bits per heavy atom. The molecule has 1 aromatic carbocycles. The molecule has 0 bridgehead atoms. The van der Waals surface area contributed by atoms with Gasteiger partial charge in [-0.05, 0) is 6.07 Å². The zero-order valence-corrected chi connectivity index (χ0v) is 9.55. The highest BCUT2D eigenvalue weighted by atomic mass is 32.2. The van der Waals surface area contributed by atoms with Crippen LogP contribution in [-0.4, -0.2) is 34.4 Å². The number of hydrogen-bond donors (Lipinski definition) is 0. The Kier molecular flexibility index (Phi) is 3.53. The van der Waals surface area contributed by atoms with Gasteiger partial charge < -0.3 is 9.47 Å². The molecule has 0 saturated carbocycles. The van der Waals surface area contributed by atoms with Crippen molar-refractivity contribution in [3.63, 3.8) is 0 Å². The molecule has 1 aromatic rings. The molecule has 92 valence electrons. The molecule has 1 heterocycles. The number of carbonyl (C=O) groups excluding carboxylic acids is 1. The van der Waals surface area contributed by atoms with E-state index in [-0.39, 0.29) is 23.7 Å². The van der Waals surface area contributed by atoms with E-state index in [2.05, 4.69) is 0 Å². The quantitative estimate of drug-likeness (QED) is 0.579. The number of hydrogen-bond acceptors (Lipinski definition) is 6. The molecule has 7 heteroatoms. The van der Waals surface area contributed by atoms with Crippen LogP contribution in [-0.2, 0) is 23.8 Å². The van der Waals surface area contributed by atoms with E-state index < -0.39 is 16.6 Å². The maximum atomic E-state index is 11.8. The van der Waals surface area contributed by atoms with Crippen LogP contribution in [0.4, 0.5) is 0 Å². The molecule has 6 nitrogen and oxygen atoms in total. The maximum absolute atomic E-state index is 11.8. The minimum Gasteiger partial charge on any atom is -0.327 e. The van der Waals surface area contributed by atoms with Crippen LogP contribution in [0, 0.1) is 0 Å². The lowest BCUT2D eigenvalue weighted by Gasteiger charge is -2.11. The van der Waals surface area contributed by atoms with E-state index in [1.807, 2.05) is 0 Å². The average molecular weight is 258 g/mol. The Labute approximate surface area is 98.2 Å². The van der Waals surface area contributed by atoms with Crippen LogP contribution in [0.2, 0.25) is 0 Å². The Bertz CT molecular complexity index is 503. The molecule has 2 rings (SSSR count). The van der Waals surface area contributed by atoms with Crippen LogP contribution in [0.5, 0.6) is 0 Å². The monoisotopic (exact) mass is 258 g/mol. The van der Waals surface area contributed by atoms with E-state index in [4.69, 9.17) is 13.7 Å². The zero-order valence-electron chi connectivity index (χ0n) is 8.74. The van der Waals surface area contributed by atoms with Crippen molar-refractivity contribution in [2.75, 3.05) is 13.2 Å². The van der Waals surface area contributed by atoms with E-state index in [9.17, 15) is 13.2 Å². The van der Waals surface area contributed by atoms with Crippen molar-refractivity contribution in [2.45, 2.75) is 11.4 Å². The molecule has 0 aromatic heterocycles. The van der Waals surface area contributed by atoms with E-state index in [0.717, 1.165) is 0 Å². The third-order valence-electron chi connectivity index (χ3n) is 2.11. The SMILES string of the molecule is O=Cc1ccccc1S(=O)(=O)OC1OCCO1. The minimum atomic E-state index is -4.07. The lowest BCUT2D eigenvalue weighted by molar-refractivity contribution is -0.173. The van der Waals surface area contributed by atoms with Crippen molar-refractivity contribution < 1.29 is 26.9 Å². The standard InChI is InChI=1S/C10H10O6S/c11-7-8-3-1-2-4-9(8)17(12,13)16-10-14-5-6-15-10/h1-4,7,10H,5-6H2. The van der Waals surface area contributed by atoms with E-state index in [1.165, 1.54) is 18.2 Å². The fourth-order valence-electron chi connectivity index (χ4n) is 1.35. The third-order valence-corrected chi connectivity index (χ3v) is 3.43. The summed E-state index contributed by atoms with van der Waals surface area (Å²) in [7, 11) is -4.07. The second-order valence-electron chi connectivity index (χ2n) is 3.24. The van der Waals surface area contributed by atoms with Crippen molar-refractivity contribution in [2.24, 2.45) is 0 Å². The van der Waals surface area contributed by atoms with Gasteiger partial charge in [0.15, 0.2) is 6.29 Å². The van der Waals surface area contributed by atoms with Crippen LogP contribution in [0.1, 0.15) is 10.4 Å². The molecule has 0 radical (unpaired) electrons. The lowest BCUT2D eigenvalue weighted by Crippen LogP contribution is -2.19. The van der Waals surface area contributed by atoms with E-state index in [0.29, 0.717) is 6.29 Å². The van der Waals surface area contributed by atoms with Gasteiger partial charge in [0.25, 0.3) is 6.48 Å². The molecule has 1 aliphatic heterocycles. The van der Waals surface area contributed by atoms with Gasteiger partial charge in [-0.15, -0.1) is 0 Å². The van der Waals surface area contributed by atoms with Gasteiger partial charge in [0.05, 0.1) is 13.2 Å². The minimum absolute atomic E-state index is 0.0329. The van der Waals surface area contributed by atoms with Crippen LogP contribution in [0.15, 0.2) is 29.2 Å². The highest BCUT2D eigenvalue weighted by Crippen LogP contribution is 2.19. The van der Waals surface area contributed by atoms with Crippen LogP contribution in [0.25, 0.3) is 0 Å². The summed E-state index contributed by atoms with van der Waals surface area (Å²) >= 11 is 0. The lowest BCUT2D eigenvalue weighted by atomic mass is 10.2. The Balaban J connectivity index is 2.27. The van der Waals surface area contributed by atoms with Gasteiger partial charge in [-0.25, -0.2) is 4.18 Å². The molecule has 1 aliphatic rings. The first-order chi connectivity index (χ1) is 8.13. The van der Waals surface area contributed by atoms with Crippen LogP contribution in [0.3, 0.4) is 0 Å². The Morgan fingerprint density at radius 2 is 1.88 bits per heavy atom. The summed E-state index contributed by atoms with van der Waals surface area (Å²) in [4.78, 5) is 10.5. The molecule has 0 atom stereocenters. The highest BCUT2D eigenvalue weighted by Gasteiger charge is 2.27. The summed E-state index contributed by atoms with van der Waals surface area (Å²) in [6.07, 6.45) is 0.451. The van der Waals surface area contributed by atoms with Gasteiger partial charge in [0.1, 0.15) is 4.90 Å². The second kappa shape index (κ2) is 4.92. The molecular weight excluding hydrogens is 248 g/mol. The van der Waals surface area contributed by atoms with Gasteiger partial charge in [0.2, 0.25) is 0 Å².